The minimum absolute atomic E-state index is 0.00702. The fourth-order valence-electron chi connectivity index (χ4n) is 9.71. The van der Waals surface area contributed by atoms with Crippen LogP contribution in [0.4, 0.5) is 26.7 Å². The Kier molecular flexibility index (Phi) is 16.3. The van der Waals surface area contributed by atoms with Crippen LogP contribution in [0.15, 0.2) is 72.8 Å². The number of amides is 6. The number of carbonyl (C=O) groups excluding carboxylic acids is 6. The van der Waals surface area contributed by atoms with Gasteiger partial charge in [0.05, 0.1) is 54.8 Å². The number of nitrogens with two attached hydrogens (primary N) is 1. The maximum atomic E-state index is 14.2. The number of ether oxygens (including phenoxy) is 6. The second kappa shape index (κ2) is 22.7. The molecule has 8 rings (SSSR count). The second-order valence-corrected chi connectivity index (χ2v) is 20.6. The lowest BCUT2D eigenvalue weighted by atomic mass is 10.0. The lowest BCUT2D eigenvalue weighted by molar-refractivity contribution is -0.127. The normalized spacial score (nSPS) is 19.8. The number of hydrogen-bond donors (Lipinski definition) is 5. The van der Waals surface area contributed by atoms with Gasteiger partial charge in [-0.15, -0.1) is 0 Å². The first-order valence-corrected chi connectivity index (χ1v) is 25.4. The molecular formula is C55H67N7O14. The molecule has 0 spiro atoms. The maximum absolute atomic E-state index is 14.2. The van der Waals surface area contributed by atoms with Crippen LogP contribution in [-0.4, -0.2) is 125 Å². The summed E-state index contributed by atoms with van der Waals surface area (Å²) in [6.45, 7) is 10.9. The molecule has 0 unspecified atom stereocenters. The summed E-state index contributed by atoms with van der Waals surface area (Å²) >= 11 is 0. The first-order valence-electron chi connectivity index (χ1n) is 25.4. The third kappa shape index (κ3) is 11.6. The molecule has 4 aliphatic rings. The van der Waals surface area contributed by atoms with E-state index in [1.54, 1.807) is 61.8 Å². The Hall–Kier alpha value is -7.62. The average molecular weight is 1050 g/mol. The third-order valence-corrected chi connectivity index (χ3v) is 13.8. The van der Waals surface area contributed by atoms with E-state index < -0.39 is 72.1 Å². The largest absolute Gasteiger partial charge is 0.493 e. The average Bonchev–Trinajstić information content (AvgIpc) is 4.10. The van der Waals surface area contributed by atoms with E-state index in [2.05, 4.69) is 10.6 Å². The number of aliphatic hydroxyl groups excluding tert-OH is 2. The fourth-order valence-corrected chi connectivity index (χ4v) is 9.71. The highest BCUT2D eigenvalue weighted by Crippen LogP contribution is 2.44. The van der Waals surface area contributed by atoms with Crippen molar-refractivity contribution in [1.82, 2.24) is 15.1 Å². The lowest BCUT2D eigenvalue weighted by Crippen LogP contribution is -2.51. The highest BCUT2D eigenvalue weighted by atomic mass is 16.6. The molecule has 2 fully saturated rings. The van der Waals surface area contributed by atoms with Gasteiger partial charge in [0.15, 0.2) is 35.5 Å². The zero-order valence-corrected chi connectivity index (χ0v) is 44.0. The number of fused-ring (bicyclic) bond motifs is 4. The van der Waals surface area contributed by atoms with Gasteiger partial charge < -0.3 is 64.8 Å². The summed E-state index contributed by atoms with van der Waals surface area (Å²) < 4.78 is 35.6. The molecule has 4 aromatic rings. The van der Waals surface area contributed by atoms with E-state index in [0.717, 1.165) is 9.80 Å². The van der Waals surface area contributed by atoms with Crippen LogP contribution in [0.3, 0.4) is 0 Å². The fraction of sp³-hybridized carbons (Fsp3) is 0.455. The van der Waals surface area contributed by atoms with Crippen LogP contribution >= 0.6 is 0 Å². The summed E-state index contributed by atoms with van der Waals surface area (Å²) in [5.74, 6) is -0.940. The van der Waals surface area contributed by atoms with Crippen LogP contribution in [0, 0.1) is 5.92 Å². The molecule has 0 aromatic heterocycles. The number of aliphatic hydroxyl groups is 2. The lowest BCUT2D eigenvalue weighted by Gasteiger charge is -2.33. The number of nitrogens with zero attached hydrogens (tertiary/aromatic N) is 4. The second-order valence-electron chi connectivity index (χ2n) is 20.6. The number of anilines is 3. The molecule has 6 atom stereocenters. The van der Waals surface area contributed by atoms with Crippen LogP contribution in [0.25, 0.3) is 0 Å². The molecule has 76 heavy (non-hydrogen) atoms. The predicted octanol–water partition coefficient (Wildman–Crippen LogP) is 6.05. The van der Waals surface area contributed by atoms with Crippen molar-refractivity contribution in [2.75, 3.05) is 42.4 Å². The van der Waals surface area contributed by atoms with Gasteiger partial charge >= 0.3 is 12.2 Å². The number of hydrogen-bond acceptors (Lipinski definition) is 15. The topological polar surface area (TPSA) is 261 Å². The zero-order valence-electron chi connectivity index (χ0n) is 44.0. The van der Waals surface area contributed by atoms with Crippen LogP contribution in [-0.2, 0) is 38.9 Å². The van der Waals surface area contributed by atoms with Gasteiger partial charge in [-0.2, -0.15) is 0 Å². The van der Waals surface area contributed by atoms with Gasteiger partial charge in [0.2, 0.25) is 11.8 Å². The SMILES string of the molecule is COc1cc2c(cc1OCc1cccc(COc3cc4c(cc3OC)C(=O)N3CCC[C@H]3[C@H](O)N4C(=O)OC(C)(C)C)c1)N(C(=O)OCc1ccc(NC(=O)[C@H](C)NC(=O)[C@@H](N)C(C)C)cc1)[C@@H](O)[C@@H]1CCCN1C2=O. The molecule has 4 heterocycles. The van der Waals surface area contributed by atoms with Gasteiger partial charge in [0.25, 0.3) is 11.8 Å². The van der Waals surface area contributed by atoms with Crippen molar-refractivity contribution in [3.05, 3.63) is 101 Å². The van der Waals surface area contributed by atoms with Gasteiger partial charge in [-0.1, -0.05) is 44.2 Å². The van der Waals surface area contributed by atoms with Crippen molar-refractivity contribution >= 4 is 52.9 Å². The number of carbonyl (C=O) groups is 6. The van der Waals surface area contributed by atoms with Crippen molar-refractivity contribution in [3.8, 4) is 23.0 Å². The van der Waals surface area contributed by atoms with Gasteiger partial charge in [0, 0.05) is 30.9 Å². The van der Waals surface area contributed by atoms with E-state index in [0.29, 0.717) is 61.2 Å². The number of benzene rings is 4. The summed E-state index contributed by atoms with van der Waals surface area (Å²) in [6, 6.07) is 16.9. The molecule has 0 bridgehead atoms. The first kappa shape index (κ1) is 54.6. The minimum atomic E-state index is -1.48. The van der Waals surface area contributed by atoms with E-state index in [1.807, 2.05) is 38.1 Å². The Morgan fingerprint density at radius 1 is 0.671 bits per heavy atom. The van der Waals surface area contributed by atoms with Gasteiger partial charge in [-0.3, -0.25) is 19.2 Å². The van der Waals surface area contributed by atoms with Crippen molar-refractivity contribution in [2.24, 2.45) is 11.7 Å². The number of rotatable bonds is 15. The minimum Gasteiger partial charge on any atom is -0.493 e. The quantitative estimate of drug-likeness (QED) is 0.0908. The standard InChI is InChI=1S/C55H67N7O14/c1-30(2)46(56)48(64)57-31(3)47(63)58-35-18-16-32(17-19-35)27-75-53(69)61-40-25-44(42(71-7)23-36(40)49(65)59-20-10-14-38(59)51(61)67)73-28-33-12-9-13-34(22-33)29-74-45-26-41-37(24-43(45)72-8)50(66)60-21-11-15-39(60)52(68)62(41)54(70)76-55(4,5)6/h9,12-13,16-19,22-26,30-31,38-39,46,51-52,67-68H,10-11,14-15,20-21,27-29,56H2,1-8H3,(H,57,64)(H,58,63)/t31-,38-,39-,46-,51-,52-/m0/s1. The molecule has 6 N–H and O–H groups in total. The highest BCUT2D eigenvalue weighted by Gasteiger charge is 2.47. The van der Waals surface area contributed by atoms with Crippen molar-refractivity contribution in [3.63, 3.8) is 0 Å². The molecule has 0 radical (unpaired) electrons. The van der Waals surface area contributed by atoms with Crippen LogP contribution in [0.1, 0.15) is 105 Å². The Morgan fingerprint density at radius 2 is 1.17 bits per heavy atom. The molecule has 0 aliphatic carbocycles. The maximum Gasteiger partial charge on any atom is 0.417 e. The summed E-state index contributed by atoms with van der Waals surface area (Å²) in [5, 5.41) is 28.9. The van der Waals surface area contributed by atoms with E-state index in [4.69, 9.17) is 34.2 Å². The molecular weight excluding hydrogens is 983 g/mol. The molecule has 6 amide bonds. The molecule has 2 saturated heterocycles. The van der Waals surface area contributed by atoms with Crippen LogP contribution in [0.2, 0.25) is 0 Å². The van der Waals surface area contributed by atoms with Crippen LogP contribution in [0.5, 0.6) is 23.0 Å². The van der Waals surface area contributed by atoms with E-state index in [9.17, 15) is 39.0 Å². The Balaban J connectivity index is 0.979. The van der Waals surface area contributed by atoms with E-state index >= 15 is 0 Å². The van der Waals surface area contributed by atoms with Gasteiger partial charge in [-0.05, 0) is 106 Å². The van der Waals surface area contributed by atoms with Gasteiger partial charge in [-0.25, -0.2) is 19.4 Å². The molecule has 21 nitrogen and oxygen atoms in total. The van der Waals surface area contributed by atoms with E-state index in [-0.39, 0.29) is 77.1 Å². The van der Waals surface area contributed by atoms with Crippen LogP contribution < -0.4 is 45.1 Å². The smallest absolute Gasteiger partial charge is 0.417 e. The summed E-state index contributed by atoms with van der Waals surface area (Å²) in [4.78, 5) is 86.5. The first-order chi connectivity index (χ1) is 36.2. The number of nitrogens with one attached hydrogen (secondary N) is 2. The van der Waals surface area contributed by atoms with Gasteiger partial charge in [0.1, 0.15) is 31.5 Å². The predicted molar refractivity (Wildman–Crippen MR) is 278 cm³/mol. The molecule has 21 heteroatoms. The van der Waals surface area contributed by atoms with Crippen molar-refractivity contribution in [2.45, 2.75) is 129 Å². The molecule has 0 saturated carbocycles. The molecule has 4 aromatic carbocycles. The molecule has 4 aliphatic heterocycles. The zero-order chi connectivity index (χ0) is 54.7. The monoisotopic (exact) mass is 1050 g/mol. The Bertz CT molecular complexity index is 2850. The summed E-state index contributed by atoms with van der Waals surface area (Å²) in [5.41, 5.74) is 7.85. The van der Waals surface area contributed by atoms with E-state index in [1.165, 1.54) is 38.5 Å². The van der Waals surface area contributed by atoms with Crippen molar-refractivity contribution < 1.29 is 67.4 Å². The number of methoxy groups -OCH3 is 2. The Morgan fingerprint density at radius 3 is 1.64 bits per heavy atom. The summed E-state index contributed by atoms with van der Waals surface area (Å²) in [7, 11) is 2.87. The third-order valence-electron chi connectivity index (χ3n) is 13.8. The molecule has 406 valence electrons. The summed E-state index contributed by atoms with van der Waals surface area (Å²) in [6.07, 6.45) is -2.38. The highest BCUT2D eigenvalue weighted by molar-refractivity contribution is 6.07. The Labute approximate surface area is 441 Å². The van der Waals surface area contributed by atoms with Crippen molar-refractivity contribution in [1.29, 1.82) is 0 Å².